The molecule has 0 saturated carbocycles. The lowest BCUT2D eigenvalue weighted by molar-refractivity contribution is -0.162. The van der Waals surface area contributed by atoms with Gasteiger partial charge in [-0.2, -0.15) is 10.4 Å². The fourth-order valence-corrected chi connectivity index (χ4v) is 5.79. The number of aliphatic hydroxyl groups excluding tert-OH is 1. The third-order valence-corrected chi connectivity index (χ3v) is 8.60. The van der Waals surface area contributed by atoms with Crippen molar-refractivity contribution < 1.29 is 56.9 Å². The quantitative estimate of drug-likeness (QED) is 0.149. The second-order valence-electron chi connectivity index (χ2n) is 12.3. The van der Waals surface area contributed by atoms with Gasteiger partial charge in [-0.15, -0.1) is 0 Å². The summed E-state index contributed by atoms with van der Waals surface area (Å²) < 4.78 is 46.8. The molecule has 2 aromatic heterocycles. The second-order valence-corrected chi connectivity index (χ2v) is 14.0. The molecule has 17 nitrogen and oxygen atoms in total. The fraction of sp³-hybridized carbons (Fsp3) is 0.643. The van der Waals surface area contributed by atoms with Gasteiger partial charge < -0.3 is 30.2 Å². The van der Waals surface area contributed by atoms with Gasteiger partial charge in [0.05, 0.1) is 35.7 Å². The number of nitrogens with zero attached hydrogens (tertiary/aromatic N) is 4. The van der Waals surface area contributed by atoms with Crippen LogP contribution in [0.1, 0.15) is 54.2 Å². The molecule has 18 heteroatoms. The number of aromatic nitrogens is 3. The fourth-order valence-electron chi connectivity index (χ4n) is 4.88. The summed E-state index contributed by atoms with van der Waals surface area (Å²) in [6.07, 6.45) is -2.04. The Balaban J connectivity index is 1.97. The summed E-state index contributed by atoms with van der Waals surface area (Å²) in [5.74, 6) is -6.32. The van der Waals surface area contributed by atoms with Gasteiger partial charge >= 0.3 is 25.7 Å². The third kappa shape index (κ3) is 7.83. The van der Waals surface area contributed by atoms with E-state index in [2.05, 4.69) is 10.1 Å². The molecule has 3 rings (SSSR count). The number of aliphatic hydroxyl groups is 1. The summed E-state index contributed by atoms with van der Waals surface area (Å²) in [4.78, 5) is 40.5. The van der Waals surface area contributed by atoms with Gasteiger partial charge in [0.25, 0.3) is 0 Å². The number of nitrogens with two attached hydrogens (primary N) is 1. The van der Waals surface area contributed by atoms with Crippen molar-refractivity contribution in [3.8, 4) is 6.07 Å². The highest BCUT2D eigenvalue weighted by atomic mass is 31.2. The maximum absolute atomic E-state index is 13.7. The van der Waals surface area contributed by atoms with Crippen LogP contribution in [-0.4, -0.2) is 75.1 Å². The van der Waals surface area contributed by atoms with E-state index in [0.717, 1.165) is 6.33 Å². The molecule has 0 spiro atoms. The molecule has 0 amide bonds. The third-order valence-electron chi connectivity index (χ3n) is 7.29. The average molecular weight is 670 g/mol. The zero-order valence-electron chi connectivity index (χ0n) is 26.6. The predicted octanol–water partition coefficient (Wildman–Crippen LogP) is 2.62. The van der Waals surface area contributed by atoms with E-state index in [1.165, 1.54) is 16.6 Å². The Labute approximate surface area is 265 Å². The number of hydrogen-bond donors (Lipinski definition) is 3. The van der Waals surface area contributed by atoms with Crippen LogP contribution < -0.4 is 5.73 Å². The number of nitrogen functional groups attached to an aromatic ring is 1. The largest absolute Gasteiger partial charge is 0.481 e. The molecule has 1 aliphatic rings. The van der Waals surface area contributed by atoms with E-state index in [4.69, 9.17) is 33.5 Å². The number of anilines is 1. The maximum Gasteiger partial charge on any atom is 0.480 e. The number of carboxylic acids is 1. The summed E-state index contributed by atoms with van der Waals surface area (Å²) in [7, 11) is -4.74. The Hall–Kier alpha value is -3.65. The topological polar surface area (TPSA) is 244 Å². The number of carboxylic acid groups (broad SMARTS) is 1. The van der Waals surface area contributed by atoms with Gasteiger partial charge in [-0.05, 0) is 38.8 Å². The lowest BCUT2D eigenvalue weighted by atomic mass is 9.74. The number of carbonyl (C=O) groups is 3. The molecule has 6 atom stereocenters. The molecular weight excluding hydrogens is 629 g/mol. The molecule has 1 fully saturated rings. The Morgan fingerprint density at radius 3 is 2.33 bits per heavy atom. The van der Waals surface area contributed by atoms with E-state index in [0.29, 0.717) is 5.52 Å². The highest BCUT2D eigenvalue weighted by molar-refractivity contribution is 7.48. The van der Waals surface area contributed by atoms with E-state index in [1.54, 1.807) is 48.5 Å². The van der Waals surface area contributed by atoms with Gasteiger partial charge in [-0.1, -0.05) is 27.7 Å². The molecule has 0 radical (unpaired) electrons. The first-order chi connectivity index (χ1) is 21.4. The minimum Gasteiger partial charge on any atom is -0.481 e. The molecule has 1 aliphatic heterocycles. The van der Waals surface area contributed by atoms with E-state index in [-0.39, 0.29) is 11.5 Å². The normalized spacial score (nSPS) is 23.6. The van der Waals surface area contributed by atoms with E-state index < -0.39 is 92.8 Å². The Morgan fingerprint density at radius 1 is 1.15 bits per heavy atom. The van der Waals surface area contributed by atoms with Gasteiger partial charge in [-0.25, -0.2) is 23.1 Å². The van der Waals surface area contributed by atoms with Crippen molar-refractivity contribution in [3.63, 3.8) is 0 Å². The summed E-state index contributed by atoms with van der Waals surface area (Å²) in [5, 5.41) is 36.4. The smallest absolute Gasteiger partial charge is 0.480 e. The van der Waals surface area contributed by atoms with Crippen LogP contribution in [0.4, 0.5) is 5.82 Å². The number of aliphatic carboxylic acids is 1. The molecule has 46 heavy (non-hydrogen) atoms. The highest BCUT2D eigenvalue weighted by Gasteiger charge is 2.61. The molecular formula is C28H40N5O12P. The van der Waals surface area contributed by atoms with Crippen LogP contribution in [0.5, 0.6) is 0 Å². The van der Waals surface area contributed by atoms with Gasteiger partial charge in [0.15, 0.2) is 5.82 Å². The molecule has 0 aromatic carbocycles. The van der Waals surface area contributed by atoms with Gasteiger partial charge in [0, 0.05) is 5.92 Å². The molecule has 0 bridgehead atoms. The number of rotatable bonds is 14. The average Bonchev–Trinajstić information content (AvgIpc) is 3.52. The highest BCUT2D eigenvalue weighted by Crippen LogP contribution is 2.53. The first-order valence-electron chi connectivity index (χ1n) is 14.3. The SMILES string of the molecule is CC(C)C(=O)OCOP(=O)(OCOC(=O)C(C)(C)C)OCC1O[C@@](C#N)(c2ccc3c(N)ncnn23)[C@H](O)[C@@H]1C(C(=O)O)C(C)C. The number of phosphoric ester groups is 1. The van der Waals surface area contributed by atoms with Crippen molar-refractivity contribution in [2.75, 3.05) is 25.9 Å². The van der Waals surface area contributed by atoms with Crippen LogP contribution in [-0.2, 0) is 52.3 Å². The molecule has 1 saturated heterocycles. The molecule has 254 valence electrons. The van der Waals surface area contributed by atoms with Gasteiger partial charge in [0.1, 0.15) is 24.0 Å². The van der Waals surface area contributed by atoms with Crippen LogP contribution >= 0.6 is 7.82 Å². The van der Waals surface area contributed by atoms with E-state index >= 15 is 0 Å². The van der Waals surface area contributed by atoms with E-state index in [9.17, 15) is 34.4 Å². The van der Waals surface area contributed by atoms with Crippen molar-refractivity contribution >= 4 is 37.1 Å². The van der Waals surface area contributed by atoms with Crippen molar-refractivity contribution in [2.24, 2.45) is 29.1 Å². The number of ether oxygens (including phenoxy) is 3. The zero-order chi connectivity index (χ0) is 34.6. The molecule has 2 aromatic rings. The summed E-state index contributed by atoms with van der Waals surface area (Å²) in [6.45, 7) is 8.60. The number of nitriles is 1. The standard InChI is InChI=1S/C28H40N5O12P/c1-15(2)20(24(35)36)21-18(45-28(11-29,22(21)34)19-9-8-17-23(30)31-12-32-33(17)19)10-42-46(39,43-13-40-25(37)16(3)4)44-14-41-26(38)27(5,6)7/h8-9,12,15-16,18,20-22,34H,10,13-14H2,1-7H3,(H,35,36)(H2,30,31,32)/t18?,20?,21-,22+,28-,46?/m0/s1. The van der Waals surface area contributed by atoms with Crippen LogP contribution in [0.25, 0.3) is 5.52 Å². The van der Waals surface area contributed by atoms with E-state index in [1.807, 2.05) is 6.07 Å². The summed E-state index contributed by atoms with van der Waals surface area (Å²) in [5.41, 5.74) is 3.14. The number of carbonyl (C=O) groups excluding carboxylic acids is 2. The Morgan fingerprint density at radius 2 is 1.78 bits per heavy atom. The van der Waals surface area contributed by atoms with Crippen LogP contribution in [0, 0.1) is 40.4 Å². The van der Waals surface area contributed by atoms with Crippen LogP contribution in [0.2, 0.25) is 0 Å². The summed E-state index contributed by atoms with van der Waals surface area (Å²) in [6, 6.07) is 4.90. The monoisotopic (exact) mass is 669 g/mol. The van der Waals surface area contributed by atoms with Crippen molar-refractivity contribution in [1.29, 1.82) is 5.26 Å². The summed E-state index contributed by atoms with van der Waals surface area (Å²) >= 11 is 0. The zero-order valence-corrected chi connectivity index (χ0v) is 27.5. The predicted molar refractivity (Wildman–Crippen MR) is 157 cm³/mol. The lowest BCUT2D eigenvalue weighted by Crippen LogP contribution is -2.44. The number of fused-ring (bicyclic) bond motifs is 1. The number of phosphoric acid groups is 1. The first kappa shape index (κ1) is 36.8. The first-order valence-corrected chi connectivity index (χ1v) is 15.8. The van der Waals surface area contributed by atoms with Crippen molar-refractivity contribution in [2.45, 2.75) is 66.3 Å². The minimum absolute atomic E-state index is 0.0253. The van der Waals surface area contributed by atoms with Gasteiger partial charge in [0.2, 0.25) is 19.2 Å². The van der Waals surface area contributed by atoms with Crippen molar-refractivity contribution in [1.82, 2.24) is 14.6 Å². The van der Waals surface area contributed by atoms with Gasteiger partial charge in [-0.3, -0.25) is 18.9 Å². The minimum atomic E-state index is -4.74. The molecule has 3 heterocycles. The Kier molecular flexibility index (Phi) is 11.5. The van der Waals surface area contributed by atoms with Crippen LogP contribution in [0.15, 0.2) is 18.5 Å². The molecule has 0 aliphatic carbocycles. The molecule has 3 unspecified atom stereocenters. The Bertz CT molecular complexity index is 1520. The lowest BCUT2D eigenvalue weighted by Gasteiger charge is -2.30. The van der Waals surface area contributed by atoms with Crippen molar-refractivity contribution in [3.05, 3.63) is 24.2 Å². The molecule has 4 N–H and O–H groups in total. The number of esters is 2. The number of hydrogen-bond acceptors (Lipinski definition) is 15. The second kappa shape index (κ2) is 14.4. The van der Waals surface area contributed by atoms with Crippen LogP contribution in [0.3, 0.4) is 0 Å². The maximum atomic E-state index is 13.7.